The van der Waals surface area contributed by atoms with Crippen LogP contribution in [-0.2, 0) is 26.0 Å². The Kier molecular flexibility index (Phi) is 8.11. The molecular weight excluding hydrogens is 498 g/mol. The normalized spacial score (nSPS) is 19.8. The Morgan fingerprint density at radius 1 is 1.11 bits per heavy atom. The molecule has 0 N–H and O–H groups in total. The fourth-order valence-electron chi connectivity index (χ4n) is 4.32. The number of nitrogens with zero attached hydrogens (tertiary/aromatic N) is 3. The molecule has 194 valence electrons. The number of hydrogen-bond acceptors (Lipinski definition) is 6. The first-order valence-corrected chi connectivity index (χ1v) is 14.4. The van der Waals surface area contributed by atoms with Gasteiger partial charge in [-0.15, -0.1) is 0 Å². The molecule has 0 bridgehead atoms. The van der Waals surface area contributed by atoms with Crippen molar-refractivity contribution in [3.05, 3.63) is 57.9 Å². The standard InChI is InChI=1S/C26H33N3O5S2/c1-6-33-12-11-29-23-13-17(2)18(3)14-24(23)35-26(29)27-25(30)21-7-9-22(10-8-21)36(31,32)28-15-19(4)34-20(5)16-28/h7-10,13-14,19-20H,6,11-12,15-16H2,1-5H3. The molecule has 2 heterocycles. The Bertz CT molecular complexity index is 1410. The minimum absolute atomic E-state index is 0.153. The lowest BCUT2D eigenvalue weighted by Crippen LogP contribution is -2.48. The molecule has 3 aromatic rings. The lowest BCUT2D eigenvalue weighted by molar-refractivity contribution is -0.0440. The molecule has 36 heavy (non-hydrogen) atoms. The zero-order chi connectivity index (χ0) is 26.0. The molecule has 8 nitrogen and oxygen atoms in total. The van der Waals surface area contributed by atoms with Crippen LogP contribution < -0.4 is 4.80 Å². The van der Waals surface area contributed by atoms with Crippen LogP contribution in [0.2, 0.25) is 0 Å². The Hall–Kier alpha value is -2.37. The molecule has 2 unspecified atom stereocenters. The molecule has 4 rings (SSSR count). The van der Waals surface area contributed by atoms with Gasteiger partial charge in [0, 0.05) is 31.8 Å². The number of rotatable bonds is 7. The molecule has 1 aliphatic heterocycles. The van der Waals surface area contributed by atoms with Gasteiger partial charge in [-0.1, -0.05) is 11.3 Å². The Balaban J connectivity index is 1.64. The number of thiazole rings is 1. The summed E-state index contributed by atoms with van der Waals surface area (Å²) in [6, 6.07) is 10.2. The lowest BCUT2D eigenvalue weighted by atomic mass is 10.1. The van der Waals surface area contributed by atoms with Crippen LogP contribution in [0.4, 0.5) is 0 Å². The van der Waals surface area contributed by atoms with E-state index in [1.54, 1.807) is 0 Å². The van der Waals surface area contributed by atoms with Gasteiger partial charge in [0.05, 0.1) is 33.9 Å². The van der Waals surface area contributed by atoms with Gasteiger partial charge in [-0.3, -0.25) is 4.79 Å². The highest BCUT2D eigenvalue weighted by Gasteiger charge is 2.32. The first-order valence-electron chi connectivity index (χ1n) is 12.1. The second-order valence-electron chi connectivity index (χ2n) is 9.16. The summed E-state index contributed by atoms with van der Waals surface area (Å²) in [6.45, 7) is 12.1. The molecular formula is C26H33N3O5S2. The number of hydrogen-bond donors (Lipinski definition) is 0. The number of ether oxygens (including phenoxy) is 2. The third-order valence-corrected chi connectivity index (χ3v) is 9.17. The van der Waals surface area contributed by atoms with E-state index in [4.69, 9.17) is 9.47 Å². The second-order valence-corrected chi connectivity index (χ2v) is 12.1. The average Bonchev–Trinajstić information content (AvgIpc) is 3.14. The smallest absolute Gasteiger partial charge is 0.279 e. The number of carbonyl (C=O) groups excluding carboxylic acids is 1. The van der Waals surface area contributed by atoms with Crippen molar-refractivity contribution in [1.82, 2.24) is 8.87 Å². The van der Waals surface area contributed by atoms with Gasteiger partial charge in [-0.2, -0.15) is 9.30 Å². The van der Waals surface area contributed by atoms with E-state index < -0.39 is 15.9 Å². The van der Waals surface area contributed by atoms with Crippen LogP contribution in [0, 0.1) is 13.8 Å². The maximum atomic E-state index is 13.1. The topological polar surface area (TPSA) is 90.2 Å². The number of fused-ring (bicyclic) bond motifs is 1. The Morgan fingerprint density at radius 3 is 2.39 bits per heavy atom. The number of amides is 1. The summed E-state index contributed by atoms with van der Waals surface area (Å²) in [5, 5.41) is 0. The summed E-state index contributed by atoms with van der Waals surface area (Å²) in [7, 11) is -3.68. The van der Waals surface area contributed by atoms with E-state index in [1.807, 2.05) is 25.3 Å². The number of carbonyl (C=O) groups is 1. The van der Waals surface area contributed by atoms with Crippen molar-refractivity contribution >= 4 is 37.5 Å². The molecule has 0 saturated carbocycles. The predicted octanol–water partition coefficient (Wildman–Crippen LogP) is 3.90. The zero-order valence-corrected chi connectivity index (χ0v) is 23.0. The van der Waals surface area contributed by atoms with E-state index in [-0.39, 0.29) is 17.1 Å². The highest BCUT2D eigenvalue weighted by molar-refractivity contribution is 7.89. The monoisotopic (exact) mass is 531 g/mol. The fourth-order valence-corrected chi connectivity index (χ4v) is 7.05. The van der Waals surface area contributed by atoms with E-state index in [0.717, 1.165) is 10.2 Å². The summed E-state index contributed by atoms with van der Waals surface area (Å²) in [4.78, 5) is 18.2. The van der Waals surface area contributed by atoms with Gasteiger partial charge in [-0.25, -0.2) is 8.42 Å². The predicted molar refractivity (Wildman–Crippen MR) is 141 cm³/mol. The second kappa shape index (κ2) is 10.9. The van der Waals surface area contributed by atoms with Gasteiger partial charge in [0.15, 0.2) is 4.80 Å². The largest absolute Gasteiger partial charge is 0.380 e. The van der Waals surface area contributed by atoms with Gasteiger partial charge in [0.1, 0.15) is 0 Å². The summed E-state index contributed by atoms with van der Waals surface area (Å²) < 4.78 is 42.0. The van der Waals surface area contributed by atoms with Gasteiger partial charge in [0.25, 0.3) is 5.91 Å². The van der Waals surface area contributed by atoms with Gasteiger partial charge < -0.3 is 14.0 Å². The maximum Gasteiger partial charge on any atom is 0.279 e. The quantitative estimate of drug-likeness (QED) is 0.432. The summed E-state index contributed by atoms with van der Waals surface area (Å²) in [5.41, 5.74) is 3.70. The summed E-state index contributed by atoms with van der Waals surface area (Å²) >= 11 is 1.46. The van der Waals surface area contributed by atoms with Gasteiger partial charge in [-0.05, 0) is 82.1 Å². The van der Waals surface area contributed by atoms with Crippen molar-refractivity contribution in [2.24, 2.45) is 4.99 Å². The first kappa shape index (κ1) is 26.7. The van der Waals surface area contributed by atoms with E-state index in [9.17, 15) is 13.2 Å². The first-order chi connectivity index (χ1) is 17.1. The number of aromatic nitrogens is 1. The minimum atomic E-state index is -3.68. The van der Waals surface area contributed by atoms with Crippen LogP contribution in [0.1, 0.15) is 42.3 Å². The molecule has 2 aromatic carbocycles. The molecule has 1 amide bonds. The Morgan fingerprint density at radius 2 is 1.75 bits per heavy atom. The van der Waals surface area contributed by atoms with Crippen LogP contribution in [0.15, 0.2) is 46.3 Å². The average molecular weight is 532 g/mol. The number of benzene rings is 2. The highest BCUT2D eigenvalue weighted by atomic mass is 32.2. The van der Waals surface area contributed by atoms with Crippen molar-refractivity contribution in [2.75, 3.05) is 26.3 Å². The van der Waals surface area contributed by atoms with Crippen LogP contribution in [-0.4, -0.2) is 61.7 Å². The number of sulfonamides is 1. The number of aryl methyl sites for hydroxylation is 2. The molecule has 2 atom stereocenters. The maximum absolute atomic E-state index is 13.1. The van der Waals surface area contributed by atoms with Gasteiger partial charge >= 0.3 is 0 Å². The van der Waals surface area contributed by atoms with Crippen LogP contribution in [0.3, 0.4) is 0 Å². The van der Waals surface area contributed by atoms with E-state index >= 15 is 0 Å². The molecule has 0 aliphatic carbocycles. The van der Waals surface area contributed by atoms with Crippen LogP contribution in [0.5, 0.6) is 0 Å². The van der Waals surface area contributed by atoms with Crippen molar-refractivity contribution in [3.63, 3.8) is 0 Å². The molecule has 1 saturated heterocycles. The minimum Gasteiger partial charge on any atom is -0.380 e. The molecule has 0 spiro atoms. The highest BCUT2D eigenvalue weighted by Crippen LogP contribution is 2.23. The van der Waals surface area contributed by atoms with Crippen molar-refractivity contribution in [1.29, 1.82) is 0 Å². The zero-order valence-electron chi connectivity index (χ0n) is 21.4. The van der Waals surface area contributed by atoms with Gasteiger partial charge in [0.2, 0.25) is 10.0 Å². The molecule has 10 heteroatoms. The molecule has 1 aromatic heterocycles. The summed E-state index contributed by atoms with van der Waals surface area (Å²) in [6.07, 6.45) is -0.349. The molecule has 1 fully saturated rings. The molecule has 0 radical (unpaired) electrons. The Labute approximate surface area is 216 Å². The SMILES string of the molecule is CCOCCn1c(=NC(=O)c2ccc(S(=O)(=O)N3CC(C)OC(C)C3)cc2)sc2cc(C)c(C)cc21. The van der Waals surface area contributed by atoms with E-state index in [1.165, 1.54) is 51.0 Å². The van der Waals surface area contributed by atoms with Crippen LogP contribution >= 0.6 is 11.3 Å². The van der Waals surface area contributed by atoms with Crippen molar-refractivity contribution in [3.8, 4) is 0 Å². The van der Waals surface area contributed by atoms with E-state index in [2.05, 4.69) is 31.0 Å². The van der Waals surface area contributed by atoms with Crippen molar-refractivity contribution < 1.29 is 22.7 Å². The fraction of sp³-hybridized carbons (Fsp3) is 0.462. The number of morpholine rings is 1. The lowest BCUT2D eigenvalue weighted by Gasteiger charge is -2.34. The van der Waals surface area contributed by atoms with E-state index in [0.29, 0.717) is 43.2 Å². The molecule has 1 aliphatic rings. The summed E-state index contributed by atoms with van der Waals surface area (Å²) in [5.74, 6) is -0.419. The van der Waals surface area contributed by atoms with Crippen LogP contribution in [0.25, 0.3) is 10.2 Å². The van der Waals surface area contributed by atoms with Crippen molar-refractivity contribution in [2.45, 2.75) is 58.3 Å². The third kappa shape index (κ3) is 5.63. The third-order valence-electron chi connectivity index (χ3n) is 6.28.